The highest BCUT2D eigenvalue weighted by Gasteiger charge is 2.40. The predicted molar refractivity (Wildman–Crippen MR) is 72.6 cm³/mol. The molecule has 0 bridgehead atoms. The van der Waals surface area contributed by atoms with Crippen molar-refractivity contribution in [2.45, 2.75) is 60.3 Å². The third-order valence-electron chi connectivity index (χ3n) is 4.18. The van der Waals surface area contributed by atoms with Gasteiger partial charge in [-0.15, -0.1) is 0 Å². The van der Waals surface area contributed by atoms with Crippen molar-refractivity contribution in [2.24, 2.45) is 23.2 Å². The molecule has 1 unspecified atom stereocenters. The highest BCUT2D eigenvalue weighted by Crippen LogP contribution is 2.46. The second-order valence-electron chi connectivity index (χ2n) is 6.62. The Hall–Kier alpha value is -0.0400. The zero-order valence-electron chi connectivity index (χ0n) is 12.0. The Labute approximate surface area is 102 Å². The average molecular weight is 225 g/mol. The highest BCUT2D eigenvalue weighted by atomic mass is 14.9. The number of piperidine rings is 1. The van der Waals surface area contributed by atoms with Gasteiger partial charge < -0.3 is 5.32 Å². The normalized spacial score (nSPS) is 25.3. The van der Waals surface area contributed by atoms with Crippen molar-refractivity contribution < 1.29 is 0 Å². The van der Waals surface area contributed by atoms with Crippen LogP contribution in [-0.2, 0) is 0 Å². The van der Waals surface area contributed by atoms with Crippen LogP contribution in [-0.4, -0.2) is 13.1 Å². The second kappa shape index (κ2) is 6.05. The van der Waals surface area contributed by atoms with Crippen LogP contribution in [0.15, 0.2) is 0 Å². The van der Waals surface area contributed by atoms with Gasteiger partial charge in [0.1, 0.15) is 0 Å². The monoisotopic (exact) mass is 225 g/mol. The zero-order valence-corrected chi connectivity index (χ0v) is 12.0. The molecule has 1 aliphatic heterocycles. The molecule has 1 nitrogen and oxygen atoms in total. The van der Waals surface area contributed by atoms with Crippen LogP contribution in [0.2, 0.25) is 0 Å². The fourth-order valence-electron chi connectivity index (χ4n) is 3.86. The van der Waals surface area contributed by atoms with E-state index in [1.807, 2.05) is 0 Å². The molecular formula is C15H31N. The number of hydrogen-bond donors (Lipinski definition) is 1. The van der Waals surface area contributed by atoms with Gasteiger partial charge in [-0.3, -0.25) is 0 Å². The summed E-state index contributed by atoms with van der Waals surface area (Å²) in [4.78, 5) is 0. The molecule has 96 valence electrons. The fraction of sp³-hybridized carbons (Fsp3) is 1.00. The molecule has 1 N–H and O–H groups in total. The van der Waals surface area contributed by atoms with E-state index in [4.69, 9.17) is 0 Å². The van der Waals surface area contributed by atoms with E-state index in [0.29, 0.717) is 5.41 Å². The number of rotatable bonds is 5. The molecule has 1 aliphatic rings. The molecule has 1 atom stereocenters. The Balaban J connectivity index is 2.80. The van der Waals surface area contributed by atoms with E-state index in [9.17, 15) is 0 Å². The Morgan fingerprint density at radius 2 is 1.69 bits per heavy atom. The van der Waals surface area contributed by atoms with Crippen molar-refractivity contribution in [1.29, 1.82) is 0 Å². The van der Waals surface area contributed by atoms with Crippen molar-refractivity contribution in [3.05, 3.63) is 0 Å². The van der Waals surface area contributed by atoms with E-state index in [2.05, 4.69) is 39.9 Å². The van der Waals surface area contributed by atoms with E-state index in [1.165, 1.54) is 38.8 Å². The summed E-state index contributed by atoms with van der Waals surface area (Å²) < 4.78 is 0. The van der Waals surface area contributed by atoms with Gasteiger partial charge in [-0.1, -0.05) is 41.0 Å². The molecule has 0 aromatic carbocycles. The third-order valence-corrected chi connectivity index (χ3v) is 4.18. The van der Waals surface area contributed by atoms with E-state index in [1.54, 1.807) is 0 Å². The Morgan fingerprint density at radius 1 is 1.12 bits per heavy atom. The molecule has 0 spiro atoms. The predicted octanol–water partition coefficient (Wildman–Crippen LogP) is 4.08. The largest absolute Gasteiger partial charge is 0.316 e. The van der Waals surface area contributed by atoms with Gasteiger partial charge in [0.15, 0.2) is 0 Å². The minimum Gasteiger partial charge on any atom is -0.316 e. The van der Waals surface area contributed by atoms with Crippen molar-refractivity contribution in [3.63, 3.8) is 0 Å². The van der Waals surface area contributed by atoms with E-state index >= 15 is 0 Å². The van der Waals surface area contributed by atoms with Gasteiger partial charge in [0, 0.05) is 0 Å². The van der Waals surface area contributed by atoms with Crippen LogP contribution >= 0.6 is 0 Å². The van der Waals surface area contributed by atoms with Gasteiger partial charge in [-0.2, -0.15) is 0 Å². The first kappa shape index (κ1) is 14.0. The first-order valence-electron chi connectivity index (χ1n) is 7.21. The first-order chi connectivity index (χ1) is 7.50. The summed E-state index contributed by atoms with van der Waals surface area (Å²) in [5.41, 5.74) is 0.627. The van der Waals surface area contributed by atoms with Gasteiger partial charge in [0.2, 0.25) is 0 Å². The molecule has 16 heavy (non-hydrogen) atoms. The molecule has 1 heteroatoms. The summed E-state index contributed by atoms with van der Waals surface area (Å²) in [6.45, 7) is 14.4. The zero-order chi connectivity index (χ0) is 12.2. The van der Waals surface area contributed by atoms with E-state index < -0.39 is 0 Å². The van der Waals surface area contributed by atoms with Crippen molar-refractivity contribution in [3.8, 4) is 0 Å². The minimum atomic E-state index is 0.627. The van der Waals surface area contributed by atoms with Crippen LogP contribution in [0.1, 0.15) is 60.3 Å². The summed E-state index contributed by atoms with van der Waals surface area (Å²) in [7, 11) is 0. The maximum absolute atomic E-state index is 3.59. The van der Waals surface area contributed by atoms with Crippen molar-refractivity contribution in [1.82, 2.24) is 5.32 Å². The van der Waals surface area contributed by atoms with Gasteiger partial charge in [-0.25, -0.2) is 0 Å². The Kier molecular flexibility index (Phi) is 5.30. The second-order valence-corrected chi connectivity index (χ2v) is 6.62. The minimum absolute atomic E-state index is 0.627. The maximum Gasteiger partial charge on any atom is -0.00153 e. The van der Waals surface area contributed by atoms with Crippen LogP contribution in [0, 0.1) is 23.2 Å². The van der Waals surface area contributed by atoms with Gasteiger partial charge in [0.25, 0.3) is 0 Å². The van der Waals surface area contributed by atoms with Crippen LogP contribution in [0.3, 0.4) is 0 Å². The number of hydrogen-bond acceptors (Lipinski definition) is 1. The lowest BCUT2D eigenvalue weighted by molar-refractivity contribution is 0.0519. The standard InChI is InChI=1S/C15H31N/c1-6-14-11-16-8-7-15(14,9-12(2)3)10-13(4)5/h12-14,16H,6-11H2,1-5H3. The molecule has 1 heterocycles. The molecule has 1 fully saturated rings. The number of nitrogens with one attached hydrogen (secondary N) is 1. The maximum atomic E-state index is 3.59. The van der Waals surface area contributed by atoms with Crippen LogP contribution in [0.25, 0.3) is 0 Å². The Morgan fingerprint density at radius 3 is 2.12 bits per heavy atom. The molecule has 0 amide bonds. The summed E-state index contributed by atoms with van der Waals surface area (Å²) in [6, 6.07) is 0. The van der Waals surface area contributed by atoms with Crippen LogP contribution in [0.4, 0.5) is 0 Å². The molecular weight excluding hydrogens is 194 g/mol. The van der Waals surface area contributed by atoms with E-state index in [-0.39, 0.29) is 0 Å². The molecule has 0 radical (unpaired) electrons. The molecule has 1 saturated heterocycles. The van der Waals surface area contributed by atoms with Gasteiger partial charge in [0.05, 0.1) is 0 Å². The summed E-state index contributed by atoms with van der Waals surface area (Å²) in [5, 5.41) is 3.59. The molecule has 0 aromatic rings. The van der Waals surface area contributed by atoms with Crippen LogP contribution < -0.4 is 5.32 Å². The molecule has 1 rings (SSSR count). The lowest BCUT2D eigenvalue weighted by Gasteiger charge is -2.47. The lowest BCUT2D eigenvalue weighted by Crippen LogP contribution is -2.46. The van der Waals surface area contributed by atoms with Crippen molar-refractivity contribution >= 4 is 0 Å². The topological polar surface area (TPSA) is 12.0 Å². The summed E-state index contributed by atoms with van der Waals surface area (Å²) in [5.74, 6) is 2.57. The summed E-state index contributed by atoms with van der Waals surface area (Å²) >= 11 is 0. The lowest BCUT2D eigenvalue weighted by atomic mass is 9.62. The van der Waals surface area contributed by atoms with Gasteiger partial charge >= 0.3 is 0 Å². The first-order valence-corrected chi connectivity index (χ1v) is 7.21. The highest BCUT2D eigenvalue weighted by molar-refractivity contribution is 4.92. The van der Waals surface area contributed by atoms with Gasteiger partial charge in [-0.05, 0) is 55.5 Å². The molecule has 0 aromatic heterocycles. The SMILES string of the molecule is CCC1CNCCC1(CC(C)C)CC(C)C. The smallest absolute Gasteiger partial charge is 0.00153 e. The fourth-order valence-corrected chi connectivity index (χ4v) is 3.86. The third kappa shape index (κ3) is 3.48. The molecule has 0 aliphatic carbocycles. The molecule has 0 saturated carbocycles. The average Bonchev–Trinajstić information content (AvgIpc) is 2.15. The van der Waals surface area contributed by atoms with Crippen LogP contribution in [0.5, 0.6) is 0 Å². The Bertz CT molecular complexity index is 186. The van der Waals surface area contributed by atoms with Crippen molar-refractivity contribution in [2.75, 3.05) is 13.1 Å². The summed E-state index contributed by atoms with van der Waals surface area (Å²) in [6.07, 6.45) is 5.57. The van der Waals surface area contributed by atoms with E-state index in [0.717, 1.165) is 17.8 Å². The quantitative estimate of drug-likeness (QED) is 0.743.